The normalized spacial score (nSPS) is 11.7. The van der Waals surface area contributed by atoms with Gasteiger partial charge in [-0.15, -0.1) is 0 Å². The van der Waals surface area contributed by atoms with Crippen LogP contribution >= 0.6 is 0 Å². The summed E-state index contributed by atoms with van der Waals surface area (Å²) >= 11 is 0. The second-order valence-electron chi connectivity index (χ2n) is 3.03. The number of hydrogen-bond acceptors (Lipinski definition) is 2. The van der Waals surface area contributed by atoms with E-state index in [4.69, 9.17) is 4.84 Å². The minimum Gasteiger partial charge on any atom is -0.297 e. The maximum absolute atomic E-state index is 11.7. The molecule has 0 spiro atoms. The number of hydrogen-bond donors (Lipinski definition) is 1. The predicted molar refractivity (Wildman–Crippen MR) is 49.9 cm³/mol. The summed E-state index contributed by atoms with van der Waals surface area (Å²) < 4.78 is 35.1. The van der Waals surface area contributed by atoms with Crippen molar-refractivity contribution < 1.29 is 18.0 Å². The lowest BCUT2D eigenvalue weighted by Gasteiger charge is -2.07. The highest BCUT2D eigenvalue weighted by Crippen LogP contribution is 2.18. The highest BCUT2D eigenvalue weighted by Gasteiger charge is 2.25. The van der Waals surface area contributed by atoms with Gasteiger partial charge in [0.05, 0.1) is 13.0 Å². The number of nitrogens with one attached hydrogen (secondary N) is 1. The zero-order chi connectivity index (χ0) is 11.1. The van der Waals surface area contributed by atoms with Gasteiger partial charge in [0.15, 0.2) is 0 Å². The largest absolute Gasteiger partial charge is 0.390 e. The van der Waals surface area contributed by atoms with Crippen LogP contribution in [-0.2, 0) is 11.4 Å². The highest BCUT2D eigenvalue weighted by atomic mass is 19.4. The monoisotopic (exact) mass is 219 g/mol. The second kappa shape index (κ2) is 5.72. The van der Waals surface area contributed by atoms with Crippen LogP contribution in [0.3, 0.4) is 0 Å². The Bertz CT molecular complexity index is 274. The van der Waals surface area contributed by atoms with Gasteiger partial charge in [-0.2, -0.15) is 13.2 Å². The SMILES string of the molecule is FC(F)(F)CCNOCc1ccccc1. The van der Waals surface area contributed by atoms with Crippen molar-refractivity contribution in [2.24, 2.45) is 0 Å². The van der Waals surface area contributed by atoms with E-state index in [-0.39, 0.29) is 13.2 Å². The molecule has 0 amide bonds. The quantitative estimate of drug-likeness (QED) is 0.607. The third kappa shape index (κ3) is 6.09. The number of alkyl halides is 3. The maximum Gasteiger partial charge on any atom is 0.390 e. The van der Waals surface area contributed by atoms with Gasteiger partial charge in [0.2, 0.25) is 0 Å². The summed E-state index contributed by atoms with van der Waals surface area (Å²) in [6, 6.07) is 9.22. The molecule has 0 radical (unpaired) electrons. The first-order chi connectivity index (χ1) is 7.08. The third-order valence-electron chi connectivity index (χ3n) is 1.69. The molecule has 0 fully saturated rings. The zero-order valence-corrected chi connectivity index (χ0v) is 8.05. The van der Waals surface area contributed by atoms with Crippen LogP contribution < -0.4 is 5.48 Å². The van der Waals surface area contributed by atoms with Crippen LogP contribution in [0.4, 0.5) is 13.2 Å². The van der Waals surface area contributed by atoms with Gasteiger partial charge in [0.25, 0.3) is 0 Å². The molecular formula is C10H12F3NO. The van der Waals surface area contributed by atoms with Crippen LogP contribution in [0, 0.1) is 0 Å². The molecule has 0 aliphatic rings. The molecule has 0 bridgehead atoms. The average molecular weight is 219 g/mol. The zero-order valence-electron chi connectivity index (χ0n) is 8.05. The Morgan fingerprint density at radius 1 is 1.13 bits per heavy atom. The van der Waals surface area contributed by atoms with E-state index in [1.54, 1.807) is 0 Å². The summed E-state index contributed by atoms with van der Waals surface area (Å²) in [5.74, 6) is 0. The molecule has 1 N–H and O–H groups in total. The van der Waals surface area contributed by atoms with Crippen molar-refractivity contribution in [3.63, 3.8) is 0 Å². The number of hydroxylamine groups is 1. The number of halogens is 3. The first-order valence-corrected chi connectivity index (χ1v) is 4.53. The van der Waals surface area contributed by atoms with Crippen molar-refractivity contribution in [2.75, 3.05) is 6.54 Å². The van der Waals surface area contributed by atoms with E-state index in [2.05, 4.69) is 5.48 Å². The summed E-state index contributed by atoms with van der Waals surface area (Å²) in [6.45, 7) is 0.0367. The molecule has 2 nitrogen and oxygen atoms in total. The molecule has 15 heavy (non-hydrogen) atoms. The van der Waals surface area contributed by atoms with Crippen molar-refractivity contribution in [3.05, 3.63) is 35.9 Å². The standard InChI is InChI=1S/C10H12F3NO/c11-10(12,13)6-7-14-15-8-9-4-2-1-3-5-9/h1-5,14H,6-8H2. The minimum absolute atomic E-state index is 0.226. The lowest BCUT2D eigenvalue weighted by Crippen LogP contribution is -2.21. The lowest BCUT2D eigenvalue weighted by molar-refractivity contribution is -0.139. The van der Waals surface area contributed by atoms with Gasteiger partial charge < -0.3 is 0 Å². The second-order valence-corrected chi connectivity index (χ2v) is 3.03. The summed E-state index contributed by atoms with van der Waals surface area (Å²) in [5.41, 5.74) is 3.18. The number of benzene rings is 1. The van der Waals surface area contributed by atoms with E-state index in [0.29, 0.717) is 0 Å². The lowest BCUT2D eigenvalue weighted by atomic mass is 10.2. The van der Waals surface area contributed by atoms with Crippen LogP contribution in [-0.4, -0.2) is 12.7 Å². The summed E-state index contributed by atoms with van der Waals surface area (Å²) in [5, 5.41) is 0. The van der Waals surface area contributed by atoms with E-state index in [1.165, 1.54) is 0 Å². The van der Waals surface area contributed by atoms with Crippen LogP contribution in [0.5, 0.6) is 0 Å². The topological polar surface area (TPSA) is 21.3 Å². The Kier molecular flexibility index (Phi) is 4.58. The molecule has 5 heteroatoms. The van der Waals surface area contributed by atoms with E-state index < -0.39 is 12.6 Å². The van der Waals surface area contributed by atoms with E-state index >= 15 is 0 Å². The first kappa shape index (κ1) is 12.0. The molecule has 1 rings (SSSR count). The fourth-order valence-corrected chi connectivity index (χ4v) is 0.974. The molecular weight excluding hydrogens is 207 g/mol. The van der Waals surface area contributed by atoms with E-state index in [9.17, 15) is 13.2 Å². The molecule has 1 aromatic rings. The molecule has 0 unspecified atom stereocenters. The van der Waals surface area contributed by atoms with Gasteiger partial charge in [-0.25, -0.2) is 5.48 Å². The Hall–Kier alpha value is -1.07. The van der Waals surface area contributed by atoms with Gasteiger partial charge in [-0.1, -0.05) is 30.3 Å². The van der Waals surface area contributed by atoms with Gasteiger partial charge in [0, 0.05) is 6.54 Å². The number of rotatable bonds is 5. The Morgan fingerprint density at radius 3 is 2.40 bits per heavy atom. The minimum atomic E-state index is -4.14. The smallest absolute Gasteiger partial charge is 0.297 e. The molecule has 0 aliphatic carbocycles. The molecule has 0 atom stereocenters. The van der Waals surface area contributed by atoms with Crippen LogP contribution in [0.2, 0.25) is 0 Å². The molecule has 84 valence electrons. The highest BCUT2D eigenvalue weighted by molar-refractivity contribution is 5.13. The van der Waals surface area contributed by atoms with Crippen LogP contribution in [0.25, 0.3) is 0 Å². The fraction of sp³-hybridized carbons (Fsp3) is 0.400. The van der Waals surface area contributed by atoms with Crippen molar-refractivity contribution in [3.8, 4) is 0 Å². The van der Waals surface area contributed by atoms with Gasteiger partial charge in [0.1, 0.15) is 0 Å². The first-order valence-electron chi connectivity index (χ1n) is 4.53. The summed E-state index contributed by atoms with van der Waals surface area (Å²) in [6.07, 6.45) is -5.02. The van der Waals surface area contributed by atoms with Gasteiger partial charge in [-0.05, 0) is 5.56 Å². The van der Waals surface area contributed by atoms with Crippen molar-refractivity contribution >= 4 is 0 Å². The van der Waals surface area contributed by atoms with Crippen LogP contribution in [0.15, 0.2) is 30.3 Å². The fourth-order valence-electron chi connectivity index (χ4n) is 0.974. The Balaban J connectivity index is 2.08. The molecule has 0 heterocycles. The summed E-state index contributed by atoms with van der Waals surface area (Å²) in [4.78, 5) is 4.87. The predicted octanol–water partition coefficient (Wildman–Crippen LogP) is 2.66. The van der Waals surface area contributed by atoms with Gasteiger partial charge >= 0.3 is 6.18 Å². The average Bonchev–Trinajstić information content (AvgIpc) is 2.17. The third-order valence-corrected chi connectivity index (χ3v) is 1.69. The van der Waals surface area contributed by atoms with Gasteiger partial charge in [-0.3, -0.25) is 4.84 Å². The van der Waals surface area contributed by atoms with Crippen LogP contribution in [0.1, 0.15) is 12.0 Å². The van der Waals surface area contributed by atoms with Crippen molar-refractivity contribution in [1.82, 2.24) is 5.48 Å². The molecule has 1 aromatic carbocycles. The molecule has 0 saturated heterocycles. The van der Waals surface area contributed by atoms with Crippen molar-refractivity contribution in [2.45, 2.75) is 19.2 Å². The molecule has 0 saturated carbocycles. The summed E-state index contributed by atoms with van der Waals surface area (Å²) in [7, 11) is 0. The van der Waals surface area contributed by atoms with E-state index in [1.807, 2.05) is 30.3 Å². The van der Waals surface area contributed by atoms with E-state index in [0.717, 1.165) is 5.56 Å². The Morgan fingerprint density at radius 2 is 1.80 bits per heavy atom. The molecule has 0 aromatic heterocycles. The molecule has 0 aliphatic heterocycles. The van der Waals surface area contributed by atoms with Crippen molar-refractivity contribution in [1.29, 1.82) is 0 Å². The maximum atomic E-state index is 11.7. The Labute approximate surface area is 86.0 Å².